The maximum Gasteiger partial charge on any atom is 0.319 e. The molecule has 0 atom stereocenters. The summed E-state index contributed by atoms with van der Waals surface area (Å²) in [7, 11) is 4.83. The molecule has 30 heavy (non-hydrogen) atoms. The second-order valence-corrected chi connectivity index (χ2v) is 6.97. The number of carbonyl (C=O) groups excluding carboxylic acids is 1. The minimum absolute atomic E-state index is 0.265. The van der Waals surface area contributed by atoms with E-state index in [0.717, 1.165) is 38.5 Å². The van der Waals surface area contributed by atoms with Crippen molar-refractivity contribution in [3.63, 3.8) is 0 Å². The molecule has 162 valence electrons. The van der Waals surface area contributed by atoms with E-state index in [1.807, 2.05) is 12.1 Å². The Bertz CT molecular complexity index is 820. The Morgan fingerprint density at radius 3 is 2.20 bits per heavy atom. The first-order valence-corrected chi connectivity index (χ1v) is 10.0. The van der Waals surface area contributed by atoms with Crippen molar-refractivity contribution in [3.8, 4) is 17.2 Å². The average molecular weight is 415 g/mol. The Hall–Kier alpha value is -3.13. The highest BCUT2D eigenvalue weighted by Crippen LogP contribution is 2.28. The number of benzene rings is 2. The maximum absolute atomic E-state index is 12.3. The topological polar surface area (TPSA) is 75.3 Å². The standard InChI is InChI=1S/C22H30N4O4/c1-28-18-6-4-17(5-7-18)26-14-12-25(13-15-26)11-10-23-22(27)24-20-16-19(29-2)8-9-21(20)30-3/h4-9,16H,10-15H2,1-3H3,(H2,23,24,27). The number of piperazine rings is 1. The summed E-state index contributed by atoms with van der Waals surface area (Å²) >= 11 is 0. The van der Waals surface area contributed by atoms with E-state index in [-0.39, 0.29) is 6.03 Å². The summed E-state index contributed by atoms with van der Waals surface area (Å²) in [5, 5.41) is 5.73. The molecule has 2 aromatic carbocycles. The van der Waals surface area contributed by atoms with Gasteiger partial charge >= 0.3 is 6.03 Å². The first-order valence-electron chi connectivity index (χ1n) is 10.0. The third kappa shape index (κ3) is 5.70. The molecule has 3 rings (SSSR count). The molecule has 2 aromatic rings. The fraction of sp³-hybridized carbons (Fsp3) is 0.409. The normalized spacial score (nSPS) is 14.2. The third-order valence-corrected chi connectivity index (χ3v) is 5.18. The van der Waals surface area contributed by atoms with Crippen molar-refractivity contribution in [2.45, 2.75) is 0 Å². The highest BCUT2D eigenvalue weighted by molar-refractivity contribution is 5.91. The monoisotopic (exact) mass is 414 g/mol. The lowest BCUT2D eigenvalue weighted by molar-refractivity contribution is 0.240. The van der Waals surface area contributed by atoms with Gasteiger partial charge in [-0.3, -0.25) is 4.90 Å². The molecule has 8 heteroatoms. The molecule has 0 aromatic heterocycles. The van der Waals surface area contributed by atoms with Crippen LogP contribution in [0.25, 0.3) is 0 Å². The Morgan fingerprint density at radius 2 is 1.57 bits per heavy atom. The van der Waals surface area contributed by atoms with Crippen molar-refractivity contribution in [1.82, 2.24) is 10.2 Å². The highest BCUT2D eigenvalue weighted by Gasteiger charge is 2.17. The van der Waals surface area contributed by atoms with Crippen molar-refractivity contribution >= 4 is 17.4 Å². The Balaban J connectivity index is 1.40. The van der Waals surface area contributed by atoms with Crippen LogP contribution in [-0.2, 0) is 0 Å². The summed E-state index contributed by atoms with van der Waals surface area (Å²) in [6.07, 6.45) is 0. The molecule has 8 nitrogen and oxygen atoms in total. The van der Waals surface area contributed by atoms with Gasteiger partial charge in [-0.15, -0.1) is 0 Å². The predicted octanol–water partition coefficient (Wildman–Crippen LogP) is 2.66. The second kappa shape index (κ2) is 10.6. The molecule has 0 unspecified atom stereocenters. The number of nitrogens with one attached hydrogen (secondary N) is 2. The SMILES string of the molecule is COc1ccc(N2CCN(CCNC(=O)Nc3cc(OC)ccc3OC)CC2)cc1. The zero-order chi connectivity index (χ0) is 21.3. The van der Waals surface area contributed by atoms with Gasteiger partial charge in [-0.1, -0.05) is 0 Å². The number of amides is 2. The molecule has 1 heterocycles. The Morgan fingerprint density at radius 1 is 0.900 bits per heavy atom. The van der Waals surface area contributed by atoms with Crippen LogP contribution in [0.15, 0.2) is 42.5 Å². The lowest BCUT2D eigenvalue weighted by Crippen LogP contribution is -2.48. The lowest BCUT2D eigenvalue weighted by Gasteiger charge is -2.36. The minimum Gasteiger partial charge on any atom is -0.497 e. The fourth-order valence-corrected chi connectivity index (χ4v) is 3.43. The molecular weight excluding hydrogens is 384 g/mol. The zero-order valence-corrected chi connectivity index (χ0v) is 17.8. The van der Waals surface area contributed by atoms with Crippen LogP contribution in [0.1, 0.15) is 0 Å². The molecule has 1 aliphatic heterocycles. The van der Waals surface area contributed by atoms with Crippen LogP contribution < -0.4 is 29.7 Å². The van der Waals surface area contributed by atoms with Gasteiger partial charge in [0.05, 0.1) is 27.0 Å². The maximum atomic E-state index is 12.3. The number of urea groups is 1. The number of anilines is 2. The van der Waals surface area contributed by atoms with E-state index in [4.69, 9.17) is 14.2 Å². The van der Waals surface area contributed by atoms with Crippen molar-refractivity contribution < 1.29 is 19.0 Å². The quantitative estimate of drug-likeness (QED) is 0.692. The van der Waals surface area contributed by atoms with E-state index >= 15 is 0 Å². The van der Waals surface area contributed by atoms with Crippen LogP contribution in [0.5, 0.6) is 17.2 Å². The summed E-state index contributed by atoms with van der Waals surface area (Å²) in [6, 6.07) is 13.2. The molecule has 0 aliphatic carbocycles. The first kappa shape index (κ1) is 21.6. The van der Waals surface area contributed by atoms with Gasteiger partial charge < -0.3 is 29.7 Å². The number of hydrogen-bond donors (Lipinski definition) is 2. The van der Waals surface area contributed by atoms with Gasteiger partial charge in [-0.25, -0.2) is 4.79 Å². The first-order chi connectivity index (χ1) is 14.6. The number of hydrogen-bond acceptors (Lipinski definition) is 6. The van der Waals surface area contributed by atoms with E-state index in [9.17, 15) is 4.79 Å². The molecule has 1 saturated heterocycles. The predicted molar refractivity (Wildman–Crippen MR) is 118 cm³/mol. The van der Waals surface area contributed by atoms with E-state index in [2.05, 4.69) is 32.6 Å². The van der Waals surface area contributed by atoms with Gasteiger partial charge in [0.15, 0.2) is 0 Å². The van der Waals surface area contributed by atoms with Crippen LogP contribution in [0.2, 0.25) is 0 Å². The van der Waals surface area contributed by atoms with E-state index in [1.54, 1.807) is 39.5 Å². The molecule has 0 spiro atoms. The lowest BCUT2D eigenvalue weighted by atomic mass is 10.2. The average Bonchev–Trinajstić information content (AvgIpc) is 2.79. The summed E-state index contributed by atoms with van der Waals surface area (Å²) in [6.45, 7) is 5.21. The van der Waals surface area contributed by atoms with Gasteiger partial charge in [0.25, 0.3) is 0 Å². The number of carbonyl (C=O) groups is 1. The van der Waals surface area contributed by atoms with Crippen molar-refractivity contribution in [2.24, 2.45) is 0 Å². The third-order valence-electron chi connectivity index (χ3n) is 5.18. The van der Waals surface area contributed by atoms with Gasteiger partial charge in [0.2, 0.25) is 0 Å². The minimum atomic E-state index is -0.265. The number of nitrogens with zero attached hydrogens (tertiary/aromatic N) is 2. The summed E-state index contributed by atoms with van der Waals surface area (Å²) in [4.78, 5) is 17.0. The smallest absolute Gasteiger partial charge is 0.319 e. The molecule has 2 N–H and O–H groups in total. The second-order valence-electron chi connectivity index (χ2n) is 6.97. The van der Waals surface area contributed by atoms with Crippen LogP contribution in [0.3, 0.4) is 0 Å². The number of ether oxygens (including phenoxy) is 3. The molecule has 0 bridgehead atoms. The molecule has 0 radical (unpaired) electrons. The summed E-state index contributed by atoms with van der Waals surface area (Å²) < 4.78 is 15.7. The van der Waals surface area contributed by atoms with E-state index < -0.39 is 0 Å². The van der Waals surface area contributed by atoms with Gasteiger partial charge in [0, 0.05) is 51.0 Å². The van der Waals surface area contributed by atoms with Crippen LogP contribution in [-0.4, -0.2) is 71.5 Å². The van der Waals surface area contributed by atoms with Crippen molar-refractivity contribution in [1.29, 1.82) is 0 Å². The van der Waals surface area contributed by atoms with Crippen LogP contribution in [0.4, 0.5) is 16.2 Å². The molecule has 0 saturated carbocycles. The van der Waals surface area contributed by atoms with Crippen LogP contribution >= 0.6 is 0 Å². The van der Waals surface area contributed by atoms with Crippen molar-refractivity contribution in [2.75, 3.05) is 70.8 Å². The summed E-state index contributed by atoms with van der Waals surface area (Å²) in [5.74, 6) is 2.11. The molecular formula is C22H30N4O4. The molecule has 1 aliphatic rings. The van der Waals surface area contributed by atoms with E-state index in [0.29, 0.717) is 23.7 Å². The van der Waals surface area contributed by atoms with Crippen LogP contribution in [0, 0.1) is 0 Å². The fourth-order valence-electron chi connectivity index (χ4n) is 3.43. The van der Waals surface area contributed by atoms with Crippen molar-refractivity contribution in [3.05, 3.63) is 42.5 Å². The summed E-state index contributed by atoms with van der Waals surface area (Å²) in [5.41, 5.74) is 1.78. The largest absolute Gasteiger partial charge is 0.497 e. The Kier molecular flexibility index (Phi) is 7.62. The molecule has 2 amide bonds. The van der Waals surface area contributed by atoms with Gasteiger partial charge in [0.1, 0.15) is 17.2 Å². The number of methoxy groups -OCH3 is 3. The van der Waals surface area contributed by atoms with Gasteiger partial charge in [-0.2, -0.15) is 0 Å². The van der Waals surface area contributed by atoms with E-state index in [1.165, 1.54) is 5.69 Å². The Labute approximate surface area is 177 Å². The highest BCUT2D eigenvalue weighted by atomic mass is 16.5. The molecule has 1 fully saturated rings. The zero-order valence-electron chi connectivity index (χ0n) is 17.8. The van der Waals surface area contributed by atoms with Gasteiger partial charge in [-0.05, 0) is 36.4 Å². The number of rotatable bonds is 8.